The van der Waals surface area contributed by atoms with Gasteiger partial charge < -0.3 is 10.0 Å². The molecule has 0 aliphatic heterocycles. The first-order valence-electron chi connectivity index (χ1n) is 6.40. The lowest BCUT2D eigenvalue weighted by Crippen LogP contribution is -2.44. The van der Waals surface area contributed by atoms with Gasteiger partial charge in [-0.2, -0.15) is 0 Å². The first-order chi connectivity index (χ1) is 8.72. The molecule has 1 aliphatic rings. The minimum Gasteiger partial charge on any atom is -0.396 e. The number of amides is 1. The zero-order chi connectivity index (χ0) is 13.0. The zero-order valence-corrected chi connectivity index (χ0v) is 11.9. The van der Waals surface area contributed by atoms with E-state index < -0.39 is 0 Å². The van der Waals surface area contributed by atoms with Crippen molar-refractivity contribution in [3.8, 4) is 0 Å². The number of carbonyl (C=O) groups is 1. The molecule has 0 atom stereocenters. The Morgan fingerprint density at radius 2 is 2.00 bits per heavy atom. The van der Waals surface area contributed by atoms with Crippen molar-refractivity contribution < 1.29 is 9.90 Å². The molecule has 18 heavy (non-hydrogen) atoms. The van der Waals surface area contributed by atoms with E-state index in [1.54, 1.807) is 0 Å². The molecule has 98 valence electrons. The second-order valence-electron chi connectivity index (χ2n) is 4.67. The summed E-state index contributed by atoms with van der Waals surface area (Å²) in [5.41, 5.74) is 0.725. The summed E-state index contributed by atoms with van der Waals surface area (Å²) in [6, 6.07) is 7.83. The highest BCUT2D eigenvalue weighted by Crippen LogP contribution is 2.26. The fraction of sp³-hybridized carbons (Fsp3) is 0.500. The molecule has 1 aromatic rings. The number of benzene rings is 1. The fourth-order valence-corrected chi connectivity index (χ4v) is 2.41. The Labute approximate surface area is 116 Å². The van der Waals surface area contributed by atoms with Gasteiger partial charge in [-0.15, -0.1) is 0 Å². The Bertz CT molecular complexity index is 401. The summed E-state index contributed by atoms with van der Waals surface area (Å²) in [6.07, 6.45) is 4.04. The van der Waals surface area contributed by atoms with Crippen molar-refractivity contribution in [3.63, 3.8) is 0 Å². The molecular formula is C14H18BrNO2. The van der Waals surface area contributed by atoms with Gasteiger partial charge in [-0.25, -0.2) is 0 Å². The topological polar surface area (TPSA) is 40.5 Å². The van der Waals surface area contributed by atoms with E-state index in [4.69, 9.17) is 5.11 Å². The van der Waals surface area contributed by atoms with Crippen molar-refractivity contribution in [2.24, 2.45) is 0 Å². The molecule has 1 saturated carbocycles. The number of rotatable bonds is 5. The minimum atomic E-state index is 0.0839. The third-order valence-electron chi connectivity index (χ3n) is 3.42. The number of carbonyl (C=O) groups excluding carboxylic acids is 1. The average molecular weight is 312 g/mol. The third kappa shape index (κ3) is 3.12. The van der Waals surface area contributed by atoms with Crippen molar-refractivity contribution in [2.75, 3.05) is 13.2 Å². The Morgan fingerprint density at radius 1 is 1.33 bits per heavy atom. The molecule has 0 saturated heterocycles. The largest absolute Gasteiger partial charge is 0.396 e. The standard InChI is InChI=1S/C14H18BrNO2/c15-12-7-5-11(6-8-12)14(18)16(9-2-10-17)13-3-1-4-13/h5-8,13,17H,1-4,9-10H2. The van der Waals surface area contributed by atoms with Crippen molar-refractivity contribution in [1.82, 2.24) is 4.90 Å². The molecule has 0 heterocycles. The van der Waals surface area contributed by atoms with Crippen LogP contribution in [0.15, 0.2) is 28.7 Å². The lowest BCUT2D eigenvalue weighted by Gasteiger charge is -2.37. The van der Waals surface area contributed by atoms with Crippen LogP contribution in [0, 0.1) is 0 Å². The van der Waals surface area contributed by atoms with Crippen molar-refractivity contribution in [3.05, 3.63) is 34.3 Å². The average Bonchev–Trinajstić information content (AvgIpc) is 2.32. The molecule has 1 N–H and O–H groups in total. The summed E-state index contributed by atoms with van der Waals surface area (Å²) >= 11 is 3.37. The number of nitrogens with zero attached hydrogens (tertiary/aromatic N) is 1. The minimum absolute atomic E-state index is 0.0839. The van der Waals surface area contributed by atoms with Crippen molar-refractivity contribution >= 4 is 21.8 Å². The maximum Gasteiger partial charge on any atom is 0.254 e. The van der Waals surface area contributed by atoms with Crippen LogP contribution in [-0.2, 0) is 0 Å². The van der Waals surface area contributed by atoms with Crippen LogP contribution in [0.3, 0.4) is 0 Å². The number of hydrogen-bond acceptors (Lipinski definition) is 2. The van der Waals surface area contributed by atoms with Crippen LogP contribution in [0.5, 0.6) is 0 Å². The van der Waals surface area contributed by atoms with E-state index in [9.17, 15) is 4.79 Å². The first-order valence-corrected chi connectivity index (χ1v) is 7.19. The van der Waals surface area contributed by atoms with Crippen LogP contribution in [0.25, 0.3) is 0 Å². The smallest absolute Gasteiger partial charge is 0.254 e. The first kappa shape index (κ1) is 13.6. The highest BCUT2D eigenvalue weighted by atomic mass is 79.9. The summed E-state index contributed by atoms with van der Waals surface area (Å²) in [5.74, 6) is 0.0839. The van der Waals surface area contributed by atoms with Crippen molar-refractivity contribution in [1.29, 1.82) is 0 Å². The molecule has 0 spiro atoms. The van der Waals surface area contributed by atoms with E-state index in [0.717, 1.165) is 22.9 Å². The van der Waals surface area contributed by atoms with E-state index in [1.807, 2.05) is 29.2 Å². The summed E-state index contributed by atoms with van der Waals surface area (Å²) in [4.78, 5) is 14.3. The van der Waals surface area contributed by atoms with Crippen LogP contribution in [0.1, 0.15) is 36.0 Å². The predicted molar refractivity (Wildman–Crippen MR) is 74.5 cm³/mol. The van der Waals surface area contributed by atoms with Gasteiger partial charge in [0, 0.05) is 29.2 Å². The molecule has 1 aliphatic carbocycles. The molecule has 1 amide bonds. The Balaban J connectivity index is 2.08. The Morgan fingerprint density at radius 3 is 2.50 bits per heavy atom. The number of aliphatic hydroxyl groups excluding tert-OH is 1. The second-order valence-corrected chi connectivity index (χ2v) is 5.58. The molecule has 1 aromatic carbocycles. The van der Waals surface area contributed by atoms with Crippen LogP contribution in [0.4, 0.5) is 0 Å². The van der Waals surface area contributed by atoms with Gasteiger partial charge in [-0.3, -0.25) is 4.79 Å². The summed E-state index contributed by atoms with van der Waals surface area (Å²) in [7, 11) is 0. The molecular weight excluding hydrogens is 294 g/mol. The van der Waals surface area contributed by atoms with Gasteiger partial charge >= 0.3 is 0 Å². The maximum atomic E-state index is 12.4. The summed E-state index contributed by atoms with van der Waals surface area (Å²) < 4.78 is 0.976. The third-order valence-corrected chi connectivity index (χ3v) is 3.95. The Hall–Kier alpha value is -0.870. The zero-order valence-electron chi connectivity index (χ0n) is 10.3. The van der Waals surface area contributed by atoms with Gasteiger partial charge in [0.2, 0.25) is 0 Å². The normalized spacial score (nSPS) is 15.2. The van der Waals surface area contributed by atoms with Gasteiger partial charge in [-0.1, -0.05) is 15.9 Å². The van der Waals surface area contributed by atoms with Gasteiger partial charge in [-0.05, 0) is 49.9 Å². The van der Waals surface area contributed by atoms with Gasteiger partial charge in [0.05, 0.1) is 0 Å². The quantitative estimate of drug-likeness (QED) is 0.908. The lowest BCUT2D eigenvalue weighted by atomic mass is 9.91. The van der Waals surface area contributed by atoms with Gasteiger partial charge in [0.1, 0.15) is 0 Å². The number of halogens is 1. The second kappa shape index (κ2) is 6.34. The maximum absolute atomic E-state index is 12.4. The molecule has 4 heteroatoms. The fourth-order valence-electron chi connectivity index (χ4n) is 2.15. The van der Waals surface area contributed by atoms with E-state index in [2.05, 4.69) is 15.9 Å². The highest BCUT2D eigenvalue weighted by Gasteiger charge is 2.28. The molecule has 1 fully saturated rings. The van der Waals surface area contributed by atoms with E-state index in [-0.39, 0.29) is 12.5 Å². The summed E-state index contributed by atoms with van der Waals surface area (Å²) in [6.45, 7) is 0.785. The van der Waals surface area contributed by atoms with E-state index >= 15 is 0 Å². The van der Waals surface area contributed by atoms with E-state index in [0.29, 0.717) is 19.0 Å². The SMILES string of the molecule is O=C(c1ccc(Br)cc1)N(CCCO)C1CCC1. The summed E-state index contributed by atoms with van der Waals surface area (Å²) in [5, 5.41) is 8.93. The predicted octanol–water partition coefficient (Wildman–Crippen LogP) is 2.83. The molecule has 2 rings (SSSR count). The lowest BCUT2D eigenvalue weighted by molar-refractivity contribution is 0.0562. The number of hydrogen-bond donors (Lipinski definition) is 1. The number of aliphatic hydroxyl groups is 1. The molecule has 0 aromatic heterocycles. The van der Waals surface area contributed by atoms with Gasteiger partial charge in [0.15, 0.2) is 0 Å². The van der Waals surface area contributed by atoms with Crippen molar-refractivity contribution in [2.45, 2.75) is 31.7 Å². The van der Waals surface area contributed by atoms with E-state index in [1.165, 1.54) is 6.42 Å². The Kier molecular flexibility index (Phi) is 4.78. The molecule has 0 radical (unpaired) electrons. The monoisotopic (exact) mass is 311 g/mol. The molecule has 3 nitrogen and oxygen atoms in total. The van der Waals surface area contributed by atoms with Crippen LogP contribution >= 0.6 is 15.9 Å². The molecule has 0 bridgehead atoms. The molecule has 0 unspecified atom stereocenters. The van der Waals surface area contributed by atoms with Crippen LogP contribution < -0.4 is 0 Å². The highest BCUT2D eigenvalue weighted by molar-refractivity contribution is 9.10. The van der Waals surface area contributed by atoms with Gasteiger partial charge in [0.25, 0.3) is 5.91 Å². The van der Waals surface area contributed by atoms with Crippen LogP contribution in [-0.4, -0.2) is 35.1 Å². The van der Waals surface area contributed by atoms with Crippen LogP contribution in [0.2, 0.25) is 0 Å².